The van der Waals surface area contributed by atoms with Gasteiger partial charge < -0.3 is 0 Å². The molecule has 0 bridgehead atoms. The summed E-state index contributed by atoms with van der Waals surface area (Å²) in [6, 6.07) is 7.91. The van der Waals surface area contributed by atoms with E-state index in [1.54, 1.807) is 6.33 Å². The van der Waals surface area contributed by atoms with Crippen LogP contribution in [0.3, 0.4) is 0 Å². The normalized spacial score (nSPS) is 9.09. The van der Waals surface area contributed by atoms with E-state index in [2.05, 4.69) is 9.97 Å². The molecule has 2 rings (SSSR count). The quantitative estimate of drug-likeness (QED) is 0.507. The second kappa shape index (κ2) is 3.52. The Kier molecular flexibility index (Phi) is 2.64. The Labute approximate surface area is 76.8 Å². The van der Waals surface area contributed by atoms with E-state index in [0.29, 0.717) is 0 Å². The number of hydrogen-bond acceptors (Lipinski definition) is 2. The van der Waals surface area contributed by atoms with Crippen molar-refractivity contribution < 1.29 is 0 Å². The fourth-order valence-electron chi connectivity index (χ4n) is 0.923. The summed E-state index contributed by atoms with van der Waals surface area (Å²) in [4.78, 5) is 7.97. The van der Waals surface area contributed by atoms with Crippen LogP contribution in [0.5, 0.6) is 0 Å². The molecule has 0 radical (unpaired) electrons. The molecule has 0 saturated carbocycles. The minimum Gasteiger partial charge on any atom is -0.244 e. The second-order valence-corrected chi connectivity index (χ2v) is 2.08. The zero-order valence-electron chi connectivity index (χ0n) is 5.36. The minimum atomic E-state index is 0. The third-order valence-corrected chi connectivity index (χ3v) is 1.41. The molecule has 0 aliphatic heterocycles. The summed E-state index contributed by atoms with van der Waals surface area (Å²) < 4.78 is 0. The van der Waals surface area contributed by atoms with Crippen molar-refractivity contribution in [2.45, 2.75) is 0 Å². The van der Waals surface area contributed by atoms with E-state index in [1.807, 2.05) is 30.5 Å². The van der Waals surface area contributed by atoms with Crippen LogP contribution in [0.1, 0.15) is 0 Å². The van der Waals surface area contributed by atoms with Crippen LogP contribution in [0, 0.1) is 0 Å². The molecule has 0 unspecified atom stereocenters. The average molecular weight is 138 g/mol. The van der Waals surface area contributed by atoms with Gasteiger partial charge in [-0.1, -0.05) is 18.2 Å². The van der Waals surface area contributed by atoms with E-state index in [1.165, 1.54) is 0 Å². The predicted octanol–water partition coefficient (Wildman–Crippen LogP) is 0.981. The van der Waals surface area contributed by atoms with Crippen molar-refractivity contribution in [3.05, 3.63) is 36.8 Å². The fraction of sp³-hybridized carbons (Fsp3) is 0. The molecule has 0 spiro atoms. The molecule has 0 aliphatic carbocycles. The van der Waals surface area contributed by atoms with Gasteiger partial charge in [-0.05, 0) is 6.07 Å². The first-order valence-corrected chi connectivity index (χ1v) is 3.11. The van der Waals surface area contributed by atoms with Gasteiger partial charge in [0.15, 0.2) is 0 Å². The van der Waals surface area contributed by atoms with E-state index in [4.69, 9.17) is 0 Å². The Bertz CT molecular complexity index is 283. The molecule has 2 aromatic rings. The number of hydrogen-bond donors (Lipinski definition) is 0. The molecule has 0 aliphatic rings. The maximum Gasteiger partial charge on any atom is 0.116 e. The SMILES string of the molecule is [LiH].c1ccc2ncncc2c1. The zero-order valence-corrected chi connectivity index (χ0v) is 5.36. The van der Waals surface area contributed by atoms with Gasteiger partial charge in [0.1, 0.15) is 6.33 Å². The minimum absolute atomic E-state index is 0. The summed E-state index contributed by atoms with van der Waals surface area (Å²) in [6.45, 7) is 0. The van der Waals surface area contributed by atoms with E-state index < -0.39 is 0 Å². The maximum atomic E-state index is 4.07. The molecule has 0 amide bonds. The Morgan fingerprint density at radius 1 is 1.09 bits per heavy atom. The number of benzene rings is 1. The summed E-state index contributed by atoms with van der Waals surface area (Å²) in [5.74, 6) is 0. The third kappa shape index (κ3) is 1.59. The van der Waals surface area contributed by atoms with E-state index in [-0.39, 0.29) is 18.9 Å². The molecule has 0 N–H and O–H groups in total. The summed E-state index contributed by atoms with van der Waals surface area (Å²) in [5, 5.41) is 1.09. The van der Waals surface area contributed by atoms with Gasteiger partial charge in [0, 0.05) is 11.6 Å². The molecular formula is C8H7LiN2. The van der Waals surface area contributed by atoms with Gasteiger partial charge in [-0.15, -0.1) is 0 Å². The molecule has 1 heterocycles. The van der Waals surface area contributed by atoms with Crippen molar-refractivity contribution >= 4 is 29.8 Å². The first-order valence-electron chi connectivity index (χ1n) is 3.11. The maximum absolute atomic E-state index is 4.07. The number of rotatable bonds is 0. The van der Waals surface area contributed by atoms with Crippen LogP contribution in [-0.2, 0) is 0 Å². The number of nitrogens with zero attached hydrogens (tertiary/aromatic N) is 2. The predicted molar refractivity (Wildman–Crippen MR) is 46.7 cm³/mol. The van der Waals surface area contributed by atoms with Crippen molar-refractivity contribution in [1.82, 2.24) is 9.97 Å². The molecule has 2 nitrogen and oxygen atoms in total. The standard InChI is InChI=1S/C8H6N2.Li.H/c1-2-4-8-7(3-1)5-9-6-10-8;;/h1-6H;;. The summed E-state index contributed by atoms with van der Waals surface area (Å²) >= 11 is 0. The fourth-order valence-corrected chi connectivity index (χ4v) is 0.923. The van der Waals surface area contributed by atoms with Crippen molar-refractivity contribution in [3.63, 3.8) is 0 Å². The Morgan fingerprint density at radius 2 is 1.91 bits per heavy atom. The second-order valence-electron chi connectivity index (χ2n) is 2.08. The van der Waals surface area contributed by atoms with E-state index >= 15 is 0 Å². The van der Waals surface area contributed by atoms with Gasteiger partial charge in [-0.2, -0.15) is 0 Å². The molecule has 0 fully saturated rings. The van der Waals surface area contributed by atoms with Gasteiger partial charge in [0.25, 0.3) is 0 Å². The first kappa shape index (κ1) is 8.26. The van der Waals surface area contributed by atoms with Crippen molar-refractivity contribution in [3.8, 4) is 0 Å². The van der Waals surface area contributed by atoms with Crippen LogP contribution in [0.4, 0.5) is 0 Å². The van der Waals surface area contributed by atoms with Gasteiger partial charge >= 0.3 is 18.9 Å². The number of aromatic nitrogens is 2. The summed E-state index contributed by atoms with van der Waals surface area (Å²) in [7, 11) is 0. The largest absolute Gasteiger partial charge is 0.244 e. The topological polar surface area (TPSA) is 25.8 Å². The third-order valence-electron chi connectivity index (χ3n) is 1.41. The van der Waals surface area contributed by atoms with Crippen molar-refractivity contribution in [1.29, 1.82) is 0 Å². The van der Waals surface area contributed by atoms with Crippen LogP contribution >= 0.6 is 0 Å². The zero-order chi connectivity index (χ0) is 6.81. The molecular weight excluding hydrogens is 131 g/mol. The molecule has 50 valence electrons. The monoisotopic (exact) mass is 138 g/mol. The molecule has 3 heteroatoms. The van der Waals surface area contributed by atoms with Gasteiger partial charge in [-0.25, -0.2) is 9.97 Å². The van der Waals surface area contributed by atoms with E-state index in [0.717, 1.165) is 10.9 Å². The molecule has 0 atom stereocenters. The van der Waals surface area contributed by atoms with Crippen LogP contribution in [0.2, 0.25) is 0 Å². The molecule has 11 heavy (non-hydrogen) atoms. The van der Waals surface area contributed by atoms with Crippen molar-refractivity contribution in [2.24, 2.45) is 0 Å². The summed E-state index contributed by atoms with van der Waals surface area (Å²) in [5.41, 5.74) is 0.998. The first-order chi connectivity index (χ1) is 4.97. The Balaban J connectivity index is 0.000000605. The Hall–Kier alpha value is -0.843. The van der Waals surface area contributed by atoms with Crippen LogP contribution < -0.4 is 0 Å². The molecule has 1 aromatic heterocycles. The van der Waals surface area contributed by atoms with Crippen LogP contribution in [0.15, 0.2) is 36.8 Å². The number of fused-ring (bicyclic) bond motifs is 1. The van der Waals surface area contributed by atoms with Crippen molar-refractivity contribution in [2.75, 3.05) is 0 Å². The van der Waals surface area contributed by atoms with Crippen LogP contribution in [-0.4, -0.2) is 28.8 Å². The summed E-state index contributed by atoms with van der Waals surface area (Å²) in [6.07, 6.45) is 3.37. The average Bonchev–Trinajstić information content (AvgIpc) is 2.05. The molecule has 1 aromatic carbocycles. The van der Waals surface area contributed by atoms with Gasteiger partial charge in [0.2, 0.25) is 0 Å². The smallest absolute Gasteiger partial charge is 0.116 e. The van der Waals surface area contributed by atoms with Gasteiger partial charge in [0.05, 0.1) is 5.52 Å². The van der Waals surface area contributed by atoms with E-state index in [9.17, 15) is 0 Å². The Morgan fingerprint density at radius 3 is 2.73 bits per heavy atom. The van der Waals surface area contributed by atoms with Gasteiger partial charge in [-0.3, -0.25) is 0 Å². The molecule has 0 saturated heterocycles. The van der Waals surface area contributed by atoms with Crippen LogP contribution in [0.25, 0.3) is 10.9 Å². The number of para-hydroxylation sites is 1.